The number of thioether (sulfide) groups is 1. The van der Waals surface area contributed by atoms with Gasteiger partial charge in [-0.25, -0.2) is 14.4 Å². The molecule has 0 radical (unpaired) electrons. The summed E-state index contributed by atoms with van der Waals surface area (Å²) < 4.78 is 26.7. The lowest BCUT2D eigenvalue weighted by Crippen LogP contribution is -2.30. The van der Waals surface area contributed by atoms with Crippen molar-refractivity contribution in [2.45, 2.75) is 17.9 Å². The molecule has 30 heavy (non-hydrogen) atoms. The second-order valence-electron chi connectivity index (χ2n) is 6.75. The van der Waals surface area contributed by atoms with Crippen LogP contribution < -0.4 is 20.5 Å². The Labute approximate surface area is 174 Å². The average Bonchev–Trinajstić information content (AvgIpc) is 3.11. The highest BCUT2D eigenvalue weighted by Crippen LogP contribution is 2.44. The fourth-order valence-corrected chi connectivity index (χ4v) is 4.45. The number of halogens is 1. The second-order valence-corrected chi connectivity index (χ2v) is 7.78. The first-order valence-electron chi connectivity index (χ1n) is 9.27. The van der Waals surface area contributed by atoms with E-state index in [1.165, 1.54) is 30.2 Å². The van der Waals surface area contributed by atoms with Gasteiger partial charge in [0.15, 0.2) is 5.75 Å². The van der Waals surface area contributed by atoms with Crippen LogP contribution in [0.5, 0.6) is 17.6 Å². The predicted octanol–water partition coefficient (Wildman–Crippen LogP) is 2.99. The van der Waals surface area contributed by atoms with Crippen molar-refractivity contribution in [1.82, 2.24) is 24.9 Å². The number of aryl methyl sites for hydroxylation is 1. The molecule has 0 saturated carbocycles. The molecular formula is C19H18FN7O2S. The van der Waals surface area contributed by atoms with Crippen LogP contribution in [0.1, 0.15) is 5.82 Å². The highest BCUT2D eigenvalue weighted by molar-refractivity contribution is 7.99. The number of ether oxygens (including phenoxy) is 2. The molecule has 0 amide bonds. The number of H-pyrrole nitrogens is 1. The average molecular weight is 427 g/mol. The molecule has 1 aromatic carbocycles. The molecule has 5 rings (SSSR count). The van der Waals surface area contributed by atoms with Gasteiger partial charge >= 0.3 is 6.01 Å². The predicted molar refractivity (Wildman–Crippen MR) is 112 cm³/mol. The minimum atomic E-state index is -0.342. The van der Waals surface area contributed by atoms with E-state index in [4.69, 9.17) is 15.2 Å². The fraction of sp³-hybridized carbons (Fsp3) is 0.263. The molecular weight excluding hydrogens is 409 g/mol. The van der Waals surface area contributed by atoms with Crippen LogP contribution in [-0.4, -0.2) is 50.4 Å². The van der Waals surface area contributed by atoms with Crippen LogP contribution >= 0.6 is 11.8 Å². The van der Waals surface area contributed by atoms with E-state index in [1.807, 2.05) is 0 Å². The van der Waals surface area contributed by atoms with Gasteiger partial charge in [-0.05, 0) is 6.92 Å². The Kier molecular flexibility index (Phi) is 4.55. The summed E-state index contributed by atoms with van der Waals surface area (Å²) in [6, 6.07) is 1.53. The van der Waals surface area contributed by atoms with Crippen LogP contribution in [0.3, 0.4) is 0 Å². The Hall–Kier alpha value is -3.18. The van der Waals surface area contributed by atoms with Crippen LogP contribution in [0, 0.1) is 12.7 Å². The molecule has 3 aromatic heterocycles. The monoisotopic (exact) mass is 427 g/mol. The van der Waals surface area contributed by atoms with E-state index in [9.17, 15) is 4.39 Å². The third kappa shape index (κ3) is 3.06. The summed E-state index contributed by atoms with van der Waals surface area (Å²) in [5.74, 6) is 1.47. The molecule has 4 heterocycles. The second kappa shape index (κ2) is 7.26. The quantitative estimate of drug-likeness (QED) is 0.451. The van der Waals surface area contributed by atoms with Gasteiger partial charge in [-0.2, -0.15) is 9.97 Å². The first-order chi connectivity index (χ1) is 14.6. The smallest absolute Gasteiger partial charge is 0.327 e. The van der Waals surface area contributed by atoms with Gasteiger partial charge in [0.2, 0.25) is 5.88 Å². The number of aromatic nitrogens is 5. The molecule has 0 fully saturated rings. The van der Waals surface area contributed by atoms with Crippen molar-refractivity contribution in [1.29, 1.82) is 0 Å². The van der Waals surface area contributed by atoms with Crippen LogP contribution in [0.25, 0.3) is 21.9 Å². The van der Waals surface area contributed by atoms with Crippen molar-refractivity contribution in [2.75, 3.05) is 24.7 Å². The normalized spacial score (nSPS) is 15.8. The molecule has 1 aliphatic rings. The lowest BCUT2D eigenvalue weighted by atomic mass is 10.1. The number of rotatable bonds is 4. The van der Waals surface area contributed by atoms with E-state index >= 15 is 0 Å². The summed E-state index contributed by atoms with van der Waals surface area (Å²) in [7, 11) is 1.73. The van der Waals surface area contributed by atoms with Gasteiger partial charge in [-0.15, -0.1) is 11.8 Å². The number of hydrogen-bond donors (Lipinski definition) is 3. The standard InChI is InChI=1S/C19H18FN7O2S/c1-8-23-5-10(6-24-8)29-19-26-17-14-13-15(25-17)12(22-2)3-11(20)16(13)30-7-9(4-21)28-18(14)27-19/h3,5-6,9,22H,4,7,21H2,1-2H3,(H,25,26,27)/t9-/m0/s1. The van der Waals surface area contributed by atoms with E-state index in [0.717, 1.165) is 5.52 Å². The highest BCUT2D eigenvalue weighted by Gasteiger charge is 2.27. The molecule has 9 nitrogen and oxygen atoms in total. The van der Waals surface area contributed by atoms with Gasteiger partial charge in [-0.1, -0.05) is 0 Å². The molecule has 1 aliphatic heterocycles. The lowest BCUT2D eigenvalue weighted by Gasteiger charge is -2.20. The van der Waals surface area contributed by atoms with E-state index in [0.29, 0.717) is 50.2 Å². The van der Waals surface area contributed by atoms with Crippen molar-refractivity contribution in [3.63, 3.8) is 0 Å². The molecule has 0 bridgehead atoms. The number of hydrogen-bond acceptors (Lipinski definition) is 9. The Balaban J connectivity index is 1.75. The molecule has 0 aliphatic carbocycles. The third-order valence-corrected chi connectivity index (χ3v) is 6.00. The maximum Gasteiger partial charge on any atom is 0.327 e. The molecule has 11 heteroatoms. The SMILES string of the molecule is CNc1cc(F)c2c3c1[nH]c1nc(Oc4cnc(C)nc4)nc(c13)O[C@@H](CN)CS2. The zero-order valence-corrected chi connectivity index (χ0v) is 17.0. The van der Waals surface area contributed by atoms with Crippen molar-refractivity contribution < 1.29 is 13.9 Å². The Bertz CT molecular complexity index is 1260. The molecule has 0 spiro atoms. The number of aromatic amines is 1. The molecule has 4 N–H and O–H groups in total. The van der Waals surface area contributed by atoms with E-state index in [-0.39, 0.29) is 24.5 Å². The van der Waals surface area contributed by atoms with Crippen molar-refractivity contribution >= 4 is 39.4 Å². The van der Waals surface area contributed by atoms with Gasteiger partial charge in [0.1, 0.15) is 23.4 Å². The topological polar surface area (TPSA) is 124 Å². The van der Waals surface area contributed by atoms with Crippen molar-refractivity contribution in [2.24, 2.45) is 5.73 Å². The van der Waals surface area contributed by atoms with Gasteiger partial charge in [0.05, 0.1) is 33.9 Å². The Morgan fingerprint density at radius 3 is 2.87 bits per heavy atom. The first kappa shape index (κ1) is 18.8. The Morgan fingerprint density at radius 2 is 2.13 bits per heavy atom. The summed E-state index contributed by atoms with van der Waals surface area (Å²) in [6.45, 7) is 2.04. The number of nitrogens with zero attached hydrogens (tertiary/aromatic N) is 4. The number of benzene rings is 1. The summed E-state index contributed by atoms with van der Waals surface area (Å²) in [6.07, 6.45) is 2.73. The zero-order chi connectivity index (χ0) is 20.8. The van der Waals surface area contributed by atoms with Crippen LogP contribution in [0.2, 0.25) is 0 Å². The maximum atomic E-state index is 14.9. The minimum Gasteiger partial charge on any atom is -0.471 e. The van der Waals surface area contributed by atoms with Gasteiger partial charge in [0.25, 0.3) is 0 Å². The van der Waals surface area contributed by atoms with Crippen molar-refractivity contribution in [3.8, 4) is 17.6 Å². The largest absolute Gasteiger partial charge is 0.471 e. The molecule has 0 saturated heterocycles. The molecule has 1 atom stereocenters. The molecule has 0 unspecified atom stereocenters. The van der Waals surface area contributed by atoms with Crippen LogP contribution in [-0.2, 0) is 0 Å². The van der Waals surface area contributed by atoms with Crippen LogP contribution in [0.15, 0.2) is 23.4 Å². The summed E-state index contributed by atoms with van der Waals surface area (Å²) in [5.41, 5.74) is 7.67. The van der Waals surface area contributed by atoms with Gasteiger partial charge < -0.3 is 25.5 Å². The summed E-state index contributed by atoms with van der Waals surface area (Å²) >= 11 is 1.37. The lowest BCUT2D eigenvalue weighted by molar-refractivity contribution is 0.225. The number of anilines is 1. The number of nitrogens with two attached hydrogens (primary N) is 1. The fourth-order valence-electron chi connectivity index (χ4n) is 3.35. The van der Waals surface area contributed by atoms with Gasteiger partial charge in [-0.3, -0.25) is 0 Å². The summed E-state index contributed by atoms with van der Waals surface area (Å²) in [4.78, 5) is 20.9. The third-order valence-electron chi connectivity index (χ3n) is 4.77. The number of nitrogens with one attached hydrogen (secondary N) is 2. The molecule has 4 aromatic rings. The van der Waals surface area contributed by atoms with E-state index in [2.05, 4.69) is 30.2 Å². The van der Waals surface area contributed by atoms with Gasteiger partial charge in [0, 0.05) is 30.8 Å². The minimum absolute atomic E-state index is 0.0635. The van der Waals surface area contributed by atoms with E-state index in [1.54, 1.807) is 14.0 Å². The first-order valence-corrected chi connectivity index (χ1v) is 10.3. The zero-order valence-electron chi connectivity index (χ0n) is 16.2. The molecule has 154 valence electrons. The summed E-state index contributed by atoms with van der Waals surface area (Å²) in [5, 5.41) is 4.29. The Morgan fingerprint density at radius 1 is 1.33 bits per heavy atom. The maximum absolute atomic E-state index is 14.9. The van der Waals surface area contributed by atoms with Crippen molar-refractivity contribution in [3.05, 3.63) is 30.1 Å². The van der Waals surface area contributed by atoms with E-state index < -0.39 is 0 Å². The highest BCUT2D eigenvalue weighted by atomic mass is 32.2. The van der Waals surface area contributed by atoms with Crippen LogP contribution in [0.4, 0.5) is 10.1 Å².